The molecule has 3 N–H and O–H groups in total. The molecule has 1 saturated heterocycles. The van der Waals surface area contributed by atoms with E-state index in [1.807, 2.05) is 0 Å². The van der Waals surface area contributed by atoms with Crippen LogP contribution in [-0.4, -0.2) is 56.5 Å². The second kappa shape index (κ2) is 13.0. The third-order valence-electron chi connectivity index (χ3n) is 4.75. The van der Waals surface area contributed by atoms with Crippen molar-refractivity contribution >= 4 is 40.8 Å². The summed E-state index contributed by atoms with van der Waals surface area (Å²) >= 11 is 0. The number of rotatable bonds is 10. The van der Waals surface area contributed by atoms with E-state index in [0.717, 1.165) is 64.5 Å². The van der Waals surface area contributed by atoms with Crippen LogP contribution in [0, 0.1) is 0 Å². The van der Waals surface area contributed by atoms with Crippen LogP contribution >= 0.6 is 24.0 Å². The molecule has 2 heterocycles. The Bertz CT molecular complexity index is 713. The molecule has 0 radical (unpaired) electrons. The summed E-state index contributed by atoms with van der Waals surface area (Å²) < 4.78 is 11.2. The molecule has 1 atom stereocenters. The van der Waals surface area contributed by atoms with Crippen molar-refractivity contribution in [3.63, 3.8) is 0 Å². The summed E-state index contributed by atoms with van der Waals surface area (Å²) in [4.78, 5) is 7.97. The van der Waals surface area contributed by atoms with Gasteiger partial charge in [0, 0.05) is 49.9 Å². The van der Waals surface area contributed by atoms with Gasteiger partial charge in [0.05, 0.1) is 12.7 Å². The first-order valence-corrected chi connectivity index (χ1v) is 10.1. The van der Waals surface area contributed by atoms with Gasteiger partial charge in [-0.05, 0) is 44.2 Å². The average molecular weight is 500 g/mol. The SMILES string of the molecule is CCNC(=NCCCOCC1CCCO1)NCCc1c[nH]c2ccccc12.I. The molecule has 0 saturated carbocycles. The Morgan fingerprint density at radius 2 is 2.21 bits per heavy atom. The molecule has 1 aliphatic heterocycles. The normalized spacial score (nSPS) is 16.9. The molecule has 0 bridgehead atoms. The Hall–Kier alpha value is -1.32. The van der Waals surface area contributed by atoms with Gasteiger partial charge >= 0.3 is 0 Å². The fourth-order valence-electron chi connectivity index (χ4n) is 3.34. The molecule has 7 heteroatoms. The van der Waals surface area contributed by atoms with Crippen LogP contribution in [0.2, 0.25) is 0 Å². The fraction of sp³-hybridized carbons (Fsp3) is 0.571. The van der Waals surface area contributed by atoms with Crippen LogP contribution in [-0.2, 0) is 15.9 Å². The molecule has 0 aliphatic carbocycles. The summed E-state index contributed by atoms with van der Waals surface area (Å²) in [5, 5.41) is 8.03. The zero-order valence-electron chi connectivity index (χ0n) is 16.7. The predicted molar refractivity (Wildman–Crippen MR) is 126 cm³/mol. The second-order valence-electron chi connectivity index (χ2n) is 6.86. The number of benzene rings is 1. The first-order valence-electron chi connectivity index (χ1n) is 10.1. The Labute approximate surface area is 184 Å². The Balaban J connectivity index is 0.00000280. The minimum absolute atomic E-state index is 0. The molecule has 156 valence electrons. The predicted octanol–water partition coefficient (Wildman–Crippen LogP) is 3.47. The van der Waals surface area contributed by atoms with Gasteiger partial charge in [-0.15, -0.1) is 24.0 Å². The largest absolute Gasteiger partial charge is 0.379 e. The molecule has 1 fully saturated rings. The number of aliphatic imine (C=N–C) groups is 1. The minimum atomic E-state index is 0. The summed E-state index contributed by atoms with van der Waals surface area (Å²) in [6.07, 6.45) is 6.57. The van der Waals surface area contributed by atoms with Gasteiger partial charge in [0.1, 0.15) is 0 Å². The monoisotopic (exact) mass is 500 g/mol. The number of fused-ring (bicyclic) bond motifs is 1. The molecular formula is C21H33IN4O2. The molecular weight excluding hydrogens is 467 g/mol. The highest BCUT2D eigenvalue weighted by molar-refractivity contribution is 14.0. The lowest BCUT2D eigenvalue weighted by atomic mass is 10.1. The van der Waals surface area contributed by atoms with Gasteiger partial charge in [-0.3, -0.25) is 4.99 Å². The van der Waals surface area contributed by atoms with Crippen molar-refractivity contribution in [3.8, 4) is 0 Å². The van der Waals surface area contributed by atoms with Crippen LogP contribution in [0.4, 0.5) is 0 Å². The van der Waals surface area contributed by atoms with Crippen LogP contribution in [0.15, 0.2) is 35.5 Å². The number of hydrogen-bond acceptors (Lipinski definition) is 3. The van der Waals surface area contributed by atoms with E-state index in [1.54, 1.807) is 0 Å². The molecule has 28 heavy (non-hydrogen) atoms. The molecule has 0 amide bonds. The van der Waals surface area contributed by atoms with Gasteiger partial charge in [-0.1, -0.05) is 18.2 Å². The minimum Gasteiger partial charge on any atom is -0.379 e. The Morgan fingerprint density at radius 1 is 1.32 bits per heavy atom. The third kappa shape index (κ3) is 7.25. The second-order valence-corrected chi connectivity index (χ2v) is 6.86. The molecule has 1 aliphatic rings. The first-order chi connectivity index (χ1) is 13.4. The van der Waals surface area contributed by atoms with Crippen molar-refractivity contribution in [1.29, 1.82) is 0 Å². The number of nitrogens with one attached hydrogen (secondary N) is 3. The topological polar surface area (TPSA) is 70.7 Å². The summed E-state index contributed by atoms with van der Waals surface area (Å²) in [6, 6.07) is 8.41. The Morgan fingerprint density at radius 3 is 3.04 bits per heavy atom. The van der Waals surface area contributed by atoms with Crippen molar-refractivity contribution in [2.45, 2.75) is 38.7 Å². The molecule has 1 aromatic heterocycles. The fourth-order valence-corrected chi connectivity index (χ4v) is 3.34. The highest BCUT2D eigenvalue weighted by atomic mass is 127. The van der Waals surface area contributed by atoms with Gasteiger partial charge < -0.3 is 25.1 Å². The van der Waals surface area contributed by atoms with Gasteiger partial charge in [0.25, 0.3) is 0 Å². The average Bonchev–Trinajstić information content (AvgIpc) is 3.34. The number of para-hydroxylation sites is 1. The van der Waals surface area contributed by atoms with E-state index in [2.05, 4.69) is 58.0 Å². The quantitative estimate of drug-likeness (QED) is 0.202. The van der Waals surface area contributed by atoms with Gasteiger partial charge in [-0.2, -0.15) is 0 Å². The molecule has 3 rings (SSSR count). The maximum Gasteiger partial charge on any atom is 0.191 e. The smallest absolute Gasteiger partial charge is 0.191 e. The maximum absolute atomic E-state index is 5.69. The summed E-state index contributed by atoms with van der Waals surface area (Å²) in [6.45, 7) is 6.88. The van der Waals surface area contributed by atoms with Crippen molar-refractivity contribution in [2.24, 2.45) is 4.99 Å². The molecule has 2 aromatic rings. The lowest BCUT2D eigenvalue weighted by molar-refractivity contribution is 0.0171. The van der Waals surface area contributed by atoms with E-state index < -0.39 is 0 Å². The number of aromatic nitrogens is 1. The summed E-state index contributed by atoms with van der Waals surface area (Å²) in [5.74, 6) is 0.872. The van der Waals surface area contributed by atoms with Gasteiger partial charge in [0.2, 0.25) is 0 Å². The number of halogens is 1. The molecule has 1 aromatic carbocycles. The van der Waals surface area contributed by atoms with E-state index in [4.69, 9.17) is 9.47 Å². The van der Waals surface area contributed by atoms with E-state index in [-0.39, 0.29) is 24.0 Å². The van der Waals surface area contributed by atoms with Crippen LogP contribution in [0.1, 0.15) is 31.7 Å². The summed E-state index contributed by atoms with van der Waals surface area (Å²) in [5.41, 5.74) is 2.52. The van der Waals surface area contributed by atoms with Crippen LogP contribution in [0.3, 0.4) is 0 Å². The van der Waals surface area contributed by atoms with E-state index in [9.17, 15) is 0 Å². The van der Waals surface area contributed by atoms with Crippen LogP contribution < -0.4 is 10.6 Å². The molecule has 1 unspecified atom stereocenters. The van der Waals surface area contributed by atoms with Crippen molar-refractivity contribution in [3.05, 3.63) is 36.0 Å². The van der Waals surface area contributed by atoms with Crippen molar-refractivity contribution < 1.29 is 9.47 Å². The van der Waals surface area contributed by atoms with E-state index in [1.165, 1.54) is 16.5 Å². The Kier molecular flexibility index (Phi) is 10.7. The zero-order valence-corrected chi connectivity index (χ0v) is 19.0. The number of guanidine groups is 1. The third-order valence-corrected chi connectivity index (χ3v) is 4.75. The zero-order chi connectivity index (χ0) is 18.7. The van der Waals surface area contributed by atoms with E-state index in [0.29, 0.717) is 12.7 Å². The van der Waals surface area contributed by atoms with Crippen molar-refractivity contribution in [1.82, 2.24) is 15.6 Å². The lowest BCUT2D eigenvalue weighted by Crippen LogP contribution is -2.38. The first kappa shape index (κ1) is 23.0. The number of ether oxygens (including phenoxy) is 2. The molecule has 6 nitrogen and oxygen atoms in total. The van der Waals surface area contributed by atoms with E-state index >= 15 is 0 Å². The highest BCUT2D eigenvalue weighted by Crippen LogP contribution is 2.17. The van der Waals surface area contributed by atoms with Crippen LogP contribution in [0.25, 0.3) is 10.9 Å². The lowest BCUT2D eigenvalue weighted by Gasteiger charge is -2.12. The molecule has 0 spiro atoms. The van der Waals surface area contributed by atoms with Crippen LogP contribution in [0.5, 0.6) is 0 Å². The maximum atomic E-state index is 5.69. The highest BCUT2D eigenvalue weighted by Gasteiger charge is 2.14. The summed E-state index contributed by atoms with van der Waals surface area (Å²) in [7, 11) is 0. The van der Waals surface area contributed by atoms with Crippen molar-refractivity contribution in [2.75, 3.05) is 39.5 Å². The van der Waals surface area contributed by atoms with Gasteiger partial charge in [-0.25, -0.2) is 0 Å². The number of aromatic amines is 1. The number of H-pyrrole nitrogens is 1. The number of nitrogens with zero attached hydrogens (tertiary/aromatic N) is 1. The van der Waals surface area contributed by atoms with Gasteiger partial charge in [0.15, 0.2) is 5.96 Å². The standard InChI is InChI=1S/C21H32N4O2.HI/c1-2-22-21(23-11-6-13-26-16-18-7-5-14-27-18)24-12-10-17-15-25-20-9-4-3-8-19(17)20;/h3-4,8-9,15,18,25H,2,5-7,10-14,16H2,1H3,(H2,22,23,24);1H. The number of hydrogen-bond donors (Lipinski definition) is 3.